The van der Waals surface area contributed by atoms with Crippen LogP contribution in [-0.4, -0.2) is 75.1 Å². The van der Waals surface area contributed by atoms with Crippen LogP contribution in [0.5, 0.6) is 0 Å². The van der Waals surface area contributed by atoms with Crippen molar-refractivity contribution in [2.75, 3.05) is 51.1 Å². The Bertz CT molecular complexity index is 560. The van der Waals surface area contributed by atoms with Crippen LogP contribution in [-0.2, 0) is 26.6 Å². The maximum Gasteiger partial charge on any atom is 0.501 e. The molecule has 0 aromatic rings. The molecule has 0 bridgehead atoms. The molecule has 11 heteroatoms. The number of hydrogen-bond acceptors (Lipinski definition) is 8. The first-order valence-corrected chi connectivity index (χ1v) is 26.6. The lowest BCUT2D eigenvalue weighted by atomic mass is 10.00. The molecule has 6 nitrogen and oxygen atoms in total. The van der Waals surface area contributed by atoms with Crippen molar-refractivity contribution >= 4 is 46.4 Å². The Morgan fingerprint density at radius 2 is 0.659 bits per heavy atom. The Morgan fingerprint density at radius 1 is 0.439 bits per heavy atom. The van der Waals surface area contributed by atoms with Crippen LogP contribution in [0, 0.1) is 10.8 Å². The molecule has 0 rings (SSSR count). The molecule has 41 heavy (non-hydrogen) atoms. The lowest BCUT2D eigenvalue weighted by Crippen LogP contribution is -2.50. The molecule has 0 aromatic heterocycles. The molecule has 0 saturated carbocycles. The largest absolute Gasteiger partial charge is 0.501 e. The van der Waals surface area contributed by atoms with Gasteiger partial charge in [0, 0.05) is 51.7 Å². The van der Waals surface area contributed by atoms with Gasteiger partial charge < -0.3 is 26.6 Å². The zero-order chi connectivity index (χ0) is 31.5. The predicted molar refractivity (Wildman–Crippen MR) is 189 cm³/mol. The molecule has 0 heterocycles. The van der Waals surface area contributed by atoms with Crippen molar-refractivity contribution < 1.29 is 26.6 Å². The summed E-state index contributed by atoms with van der Waals surface area (Å²) in [7, 11) is -5.48. The lowest BCUT2D eigenvalue weighted by Gasteiger charge is -2.38. The van der Waals surface area contributed by atoms with Gasteiger partial charge in [0.1, 0.15) is 0 Å². The van der Waals surface area contributed by atoms with E-state index in [4.69, 9.17) is 26.6 Å². The van der Waals surface area contributed by atoms with Crippen LogP contribution in [0.3, 0.4) is 0 Å². The zero-order valence-electron chi connectivity index (χ0n) is 29.1. The monoisotopic (exact) mass is 672 g/mol. The summed E-state index contributed by atoms with van der Waals surface area (Å²) in [5.41, 5.74) is 0.120. The molecule has 0 saturated heterocycles. The van der Waals surface area contributed by atoms with E-state index in [2.05, 4.69) is 105 Å². The average molecular weight is 673 g/mol. The van der Waals surface area contributed by atoms with Crippen molar-refractivity contribution in [3.63, 3.8) is 0 Å². The SMILES string of the molecule is CCCO[Si](CC(C)(C)CS[Si](C)(C)SCC(C)(C)C[Si](OCCC)(OCCC)OCCC)(OCCC)OCCC. The highest BCUT2D eigenvalue weighted by atomic mass is 32.6. The minimum Gasteiger partial charge on any atom is -0.373 e. The minimum atomic E-state index is -2.74. The highest BCUT2D eigenvalue weighted by Gasteiger charge is 2.48. The molecule has 0 radical (unpaired) electrons. The smallest absolute Gasteiger partial charge is 0.373 e. The third kappa shape index (κ3) is 19.3. The molecule has 0 amide bonds. The quantitative estimate of drug-likeness (QED) is 0.0762. The van der Waals surface area contributed by atoms with E-state index in [9.17, 15) is 0 Å². The molecule has 0 aliphatic carbocycles. The molecule has 0 aliphatic heterocycles. The number of hydrogen-bond donors (Lipinski definition) is 0. The summed E-state index contributed by atoms with van der Waals surface area (Å²) >= 11 is 4.35. The second kappa shape index (κ2) is 21.8. The van der Waals surface area contributed by atoms with E-state index in [0.717, 1.165) is 62.1 Å². The van der Waals surface area contributed by atoms with E-state index in [1.165, 1.54) is 0 Å². The van der Waals surface area contributed by atoms with Gasteiger partial charge in [-0.3, -0.25) is 0 Å². The topological polar surface area (TPSA) is 55.4 Å². The van der Waals surface area contributed by atoms with Gasteiger partial charge in [-0.1, -0.05) is 82.3 Å². The average Bonchev–Trinajstić information content (AvgIpc) is 2.92. The normalized spacial score (nSPS) is 13.8. The van der Waals surface area contributed by atoms with Crippen LogP contribution in [0.4, 0.5) is 0 Å². The van der Waals surface area contributed by atoms with Gasteiger partial charge in [0.2, 0.25) is 0 Å². The van der Waals surface area contributed by atoms with E-state index in [0.29, 0.717) is 39.6 Å². The van der Waals surface area contributed by atoms with E-state index in [-0.39, 0.29) is 10.8 Å². The van der Waals surface area contributed by atoms with Crippen LogP contribution in [0.25, 0.3) is 0 Å². The van der Waals surface area contributed by atoms with Crippen LogP contribution in [0.1, 0.15) is 108 Å². The zero-order valence-corrected chi connectivity index (χ0v) is 33.7. The summed E-state index contributed by atoms with van der Waals surface area (Å²) in [4.78, 5) is 0. The molecular formula is C30H68O6S2Si3. The first-order chi connectivity index (χ1) is 19.2. The van der Waals surface area contributed by atoms with Gasteiger partial charge in [-0.2, -0.15) is 22.4 Å². The Hall–Kier alpha value is 1.11. The second-order valence-corrected chi connectivity index (χ2v) is 30.9. The Kier molecular flexibility index (Phi) is 22.4. The van der Waals surface area contributed by atoms with Gasteiger partial charge in [0.25, 0.3) is 0 Å². The standard InChI is InChI=1S/C30H68O6S2Si3/c1-13-19-31-40(32-20-14-2,33-21-15-3)27-29(7,8)25-37-39(11,12)38-26-30(9,10)28-41(34-22-16-4,35-23-17-5)36-24-18-6/h13-28H2,1-12H3. The highest BCUT2D eigenvalue weighted by molar-refractivity contribution is 8.58. The summed E-state index contributed by atoms with van der Waals surface area (Å²) in [5.74, 6) is 2.15. The first kappa shape index (κ1) is 42.1. The van der Waals surface area contributed by atoms with Gasteiger partial charge in [-0.05, 0) is 60.9 Å². The fourth-order valence-corrected chi connectivity index (χ4v) is 19.6. The first-order valence-electron chi connectivity index (χ1n) is 16.3. The van der Waals surface area contributed by atoms with E-state index in [1.807, 2.05) is 0 Å². The molecule has 0 fully saturated rings. The summed E-state index contributed by atoms with van der Waals surface area (Å²) in [5, 5.41) is 0. The van der Waals surface area contributed by atoms with Crippen LogP contribution >= 0.6 is 22.4 Å². The van der Waals surface area contributed by atoms with Crippen molar-refractivity contribution in [3.8, 4) is 0 Å². The molecule has 0 N–H and O–H groups in total. The molecular weight excluding hydrogens is 605 g/mol. The third-order valence-electron chi connectivity index (χ3n) is 6.17. The van der Waals surface area contributed by atoms with Gasteiger partial charge in [-0.25, -0.2) is 0 Å². The summed E-state index contributed by atoms with van der Waals surface area (Å²) in [6.45, 7) is 31.6. The van der Waals surface area contributed by atoms with Gasteiger partial charge in [-0.15, -0.1) is 0 Å². The Morgan fingerprint density at radius 3 is 0.854 bits per heavy atom. The summed E-state index contributed by atoms with van der Waals surface area (Å²) in [6.07, 6.45) is 4.24. The van der Waals surface area contributed by atoms with Gasteiger partial charge in [0.05, 0.1) is 0 Å². The second-order valence-electron chi connectivity index (χ2n) is 13.1. The minimum absolute atomic E-state index is 0.0600. The van der Waals surface area contributed by atoms with Crippen molar-refractivity contribution in [2.24, 2.45) is 10.8 Å². The predicted octanol–water partition coefficient (Wildman–Crippen LogP) is 9.64. The maximum atomic E-state index is 6.43. The van der Waals surface area contributed by atoms with Crippen molar-refractivity contribution in [2.45, 2.75) is 133 Å². The van der Waals surface area contributed by atoms with Crippen molar-refractivity contribution in [1.29, 1.82) is 0 Å². The maximum absolute atomic E-state index is 6.43. The van der Waals surface area contributed by atoms with E-state index >= 15 is 0 Å². The highest BCUT2D eigenvalue weighted by Crippen LogP contribution is 2.43. The molecule has 0 spiro atoms. The fraction of sp³-hybridized carbons (Fsp3) is 1.00. The number of rotatable bonds is 28. The van der Waals surface area contributed by atoms with Gasteiger partial charge >= 0.3 is 17.6 Å². The van der Waals surface area contributed by atoms with Crippen LogP contribution in [0.15, 0.2) is 0 Å². The Balaban J connectivity index is 5.45. The summed E-state index contributed by atoms with van der Waals surface area (Å²) < 4.78 is 38.6. The van der Waals surface area contributed by atoms with Gasteiger partial charge in [0.15, 0.2) is 6.37 Å². The molecule has 0 atom stereocenters. The third-order valence-corrected chi connectivity index (χ3v) is 23.2. The molecule has 248 valence electrons. The fourth-order valence-electron chi connectivity index (χ4n) is 4.16. The Labute approximate surface area is 266 Å². The molecule has 0 aliphatic rings. The summed E-state index contributed by atoms with van der Waals surface area (Å²) in [6, 6.07) is 1.72. The molecule has 0 unspecified atom stereocenters. The lowest BCUT2D eigenvalue weighted by molar-refractivity contribution is 0.0511. The van der Waals surface area contributed by atoms with E-state index < -0.39 is 24.0 Å². The van der Waals surface area contributed by atoms with Crippen LogP contribution in [0.2, 0.25) is 25.2 Å². The van der Waals surface area contributed by atoms with Crippen molar-refractivity contribution in [3.05, 3.63) is 0 Å². The van der Waals surface area contributed by atoms with Crippen molar-refractivity contribution in [1.82, 2.24) is 0 Å². The van der Waals surface area contributed by atoms with Crippen LogP contribution < -0.4 is 0 Å². The van der Waals surface area contributed by atoms with E-state index in [1.54, 1.807) is 0 Å². The molecule has 0 aromatic carbocycles.